The third-order valence-corrected chi connectivity index (χ3v) is 5.52. The lowest BCUT2D eigenvalue weighted by molar-refractivity contribution is 0.0523. The zero-order chi connectivity index (χ0) is 19.5. The van der Waals surface area contributed by atoms with Crippen LogP contribution in [0, 0.1) is 11.5 Å². The number of carbonyl (C=O) groups excluding carboxylic acids is 1. The van der Waals surface area contributed by atoms with Crippen molar-refractivity contribution in [3.8, 4) is 11.5 Å². The van der Waals surface area contributed by atoms with E-state index in [-0.39, 0.29) is 6.54 Å². The molecule has 1 amide bonds. The van der Waals surface area contributed by atoms with Gasteiger partial charge in [0.25, 0.3) is 0 Å². The van der Waals surface area contributed by atoms with Crippen LogP contribution in [0.3, 0.4) is 0 Å². The molecule has 1 rings (SSSR count). The maximum Gasteiger partial charge on any atom is 0.407 e. The maximum atomic E-state index is 12.7. The van der Waals surface area contributed by atoms with E-state index in [0.29, 0.717) is 0 Å². The molecule has 0 spiro atoms. The average Bonchev–Trinajstić information content (AvgIpc) is 2.39. The Balaban J connectivity index is 3.06. The Labute approximate surface area is 153 Å². The molecule has 0 atom stereocenters. The smallest absolute Gasteiger partial charge is 0.407 e. The normalized spacial score (nSPS) is 12.2. The second kappa shape index (κ2) is 7.80. The lowest BCUT2D eigenvalue weighted by atomic mass is 10.1. The van der Waals surface area contributed by atoms with Crippen molar-refractivity contribution < 1.29 is 14.1 Å². The van der Waals surface area contributed by atoms with Gasteiger partial charge < -0.3 is 14.6 Å². The van der Waals surface area contributed by atoms with E-state index in [1.807, 2.05) is 39.0 Å². The number of hydrogen-bond acceptors (Lipinski definition) is 3. The summed E-state index contributed by atoms with van der Waals surface area (Å²) in [6.07, 6.45) is -0.483. The molecule has 0 heterocycles. The molecule has 0 fully saturated rings. The summed E-state index contributed by atoms with van der Waals surface area (Å²) in [4.78, 5) is 11.9. The van der Waals surface area contributed by atoms with E-state index in [9.17, 15) is 9.36 Å². The predicted octanol–water partition coefficient (Wildman–Crippen LogP) is 4.19. The van der Waals surface area contributed by atoms with Crippen molar-refractivity contribution in [3.05, 3.63) is 29.3 Å². The average molecular weight is 380 g/mol. The van der Waals surface area contributed by atoms with Crippen molar-refractivity contribution in [1.29, 1.82) is 0 Å². The molecule has 1 N–H and O–H groups in total. The first kappa shape index (κ1) is 21.5. The summed E-state index contributed by atoms with van der Waals surface area (Å²) in [5.74, 6) is 3.20. The first-order valence-corrected chi connectivity index (χ1v) is 14.5. The van der Waals surface area contributed by atoms with Crippen LogP contribution in [0.5, 0.6) is 0 Å². The minimum absolute atomic E-state index is 0.275. The summed E-state index contributed by atoms with van der Waals surface area (Å²) in [5.41, 5.74) is 4.47. The summed E-state index contributed by atoms with van der Waals surface area (Å²) >= 11 is 0. The Morgan fingerprint density at radius 3 is 2.32 bits per heavy atom. The van der Waals surface area contributed by atoms with Crippen LogP contribution in [0.4, 0.5) is 4.79 Å². The van der Waals surface area contributed by atoms with Gasteiger partial charge in [-0.15, -0.1) is 5.54 Å². The van der Waals surface area contributed by atoms with Gasteiger partial charge in [0.05, 0.1) is 0 Å². The molecular formula is C19H30NO3PSi. The number of alkyl carbamates (subject to hydrolysis) is 1. The largest absolute Gasteiger partial charge is 0.444 e. The van der Waals surface area contributed by atoms with Crippen LogP contribution in [0.2, 0.25) is 19.6 Å². The second-order valence-electron chi connectivity index (χ2n) is 8.55. The fourth-order valence-corrected chi connectivity index (χ4v) is 3.85. The minimum atomic E-state index is -2.50. The van der Waals surface area contributed by atoms with Crippen LogP contribution < -0.4 is 10.6 Å². The number of amides is 1. The molecule has 0 aliphatic rings. The van der Waals surface area contributed by atoms with Gasteiger partial charge in [-0.05, 0) is 51.8 Å². The molecule has 0 aromatic heterocycles. The van der Waals surface area contributed by atoms with Crippen LogP contribution in [-0.2, 0) is 15.8 Å². The van der Waals surface area contributed by atoms with Gasteiger partial charge in [-0.3, -0.25) is 0 Å². The monoisotopic (exact) mass is 379 g/mol. The van der Waals surface area contributed by atoms with Crippen molar-refractivity contribution >= 4 is 26.6 Å². The summed E-state index contributed by atoms with van der Waals surface area (Å²) < 4.78 is 17.9. The molecular weight excluding hydrogens is 349 g/mol. The topological polar surface area (TPSA) is 55.4 Å². The van der Waals surface area contributed by atoms with Crippen LogP contribution in [-0.4, -0.2) is 33.1 Å². The quantitative estimate of drug-likeness (QED) is 0.487. The van der Waals surface area contributed by atoms with Crippen LogP contribution in [0.1, 0.15) is 31.9 Å². The first-order valence-electron chi connectivity index (χ1n) is 8.36. The minimum Gasteiger partial charge on any atom is -0.444 e. The van der Waals surface area contributed by atoms with E-state index in [1.54, 1.807) is 13.3 Å². The summed E-state index contributed by atoms with van der Waals surface area (Å²) in [7, 11) is -3.97. The molecule has 25 heavy (non-hydrogen) atoms. The zero-order valence-corrected chi connectivity index (χ0v) is 18.5. The number of hydrogen-bond donors (Lipinski definition) is 1. The van der Waals surface area contributed by atoms with E-state index >= 15 is 0 Å². The highest BCUT2D eigenvalue weighted by atomic mass is 31.2. The van der Waals surface area contributed by atoms with E-state index < -0.39 is 26.9 Å². The Morgan fingerprint density at radius 2 is 1.84 bits per heavy atom. The van der Waals surface area contributed by atoms with Gasteiger partial charge in [0.15, 0.2) is 0 Å². The van der Waals surface area contributed by atoms with Gasteiger partial charge in [0.2, 0.25) is 0 Å². The number of nitrogens with one attached hydrogen (secondary N) is 1. The number of rotatable bonds is 3. The molecule has 0 aliphatic heterocycles. The standard InChI is InChI=1S/C19H30NO3PSi/c1-19(2,3)23-18(21)20-14-16-10-9-15(11-12-25(6,7)8)13-17(16)24(4,5)22/h9-10,13H,14H2,1-8H3,(H,20,21). The molecule has 138 valence electrons. The van der Waals surface area contributed by atoms with Gasteiger partial charge in [-0.1, -0.05) is 31.6 Å². The SMILES string of the molecule is CC(C)(C)OC(=O)NCc1ccc(C#C[Si](C)(C)C)cc1P(C)(C)=O. The molecule has 1 aromatic carbocycles. The molecule has 0 unspecified atom stereocenters. The highest BCUT2D eigenvalue weighted by Crippen LogP contribution is 2.36. The number of carbonyl (C=O) groups is 1. The first-order chi connectivity index (χ1) is 11.2. The fraction of sp³-hybridized carbons (Fsp3) is 0.526. The molecule has 0 saturated carbocycles. The highest BCUT2D eigenvalue weighted by Gasteiger charge is 2.19. The van der Waals surface area contributed by atoms with Crippen LogP contribution in [0.25, 0.3) is 0 Å². The zero-order valence-electron chi connectivity index (χ0n) is 16.6. The fourth-order valence-electron chi connectivity index (χ4n) is 2.03. The summed E-state index contributed by atoms with van der Waals surface area (Å²) in [5, 5.41) is 3.49. The highest BCUT2D eigenvalue weighted by molar-refractivity contribution is 7.70. The summed E-state index contributed by atoms with van der Waals surface area (Å²) in [6.45, 7) is 15.7. The Bertz CT molecular complexity index is 743. The third kappa shape index (κ3) is 8.42. The molecule has 6 heteroatoms. The van der Waals surface area contributed by atoms with Gasteiger partial charge in [0.1, 0.15) is 20.8 Å². The molecule has 1 aromatic rings. The third-order valence-electron chi connectivity index (χ3n) is 3.07. The second-order valence-corrected chi connectivity index (χ2v) is 16.5. The van der Waals surface area contributed by atoms with E-state index in [1.165, 1.54) is 0 Å². The van der Waals surface area contributed by atoms with Crippen molar-refractivity contribution in [2.45, 2.75) is 52.6 Å². The Kier molecular flexibility index (Phi) is 6.72. The van der Waals surface area contributed by atoms with Crippen molar-refractivity contribution in [2.75, 3.05) is 13.3 Å². The van der Waals surface area contributed by atoms with Crippen molar-refractivity contribution in [2.24, 2.45) is 0 Å². The van der Waals surface area contributed by atoms with E-state index in [0.717, 1.165) is 16.4 Å². The lowest BCUT2D eigenvalue weighted by Crippen LogP contribution is -2.33. The molecule has 4 nitrogen and oxygen atoms in total. The van der Waals surface area contributed by atoms with Crippen molar-refractivity contribution in [3.63, 3.8) is 0 Å². The van der Waals surface area contributed by atoms with Gasteiger partial charge >= 0.3 is 6.09 Å². The molecule has 0 bridgehead atoms. The van der Waals surface area contributed by atoms with Crippen LogP contribution in [0.15, 0.2) is 18.2 Å². The van der Waals surface area contributed by atoms with Gasteiger partial charge in [0, 0.05) is 17.4 Å². The lowest BCUT2D eigenvalue weighted by Gasteiger charge is -2.20. The Morgan fingerprint density at radius 1 is 1.24 bits per heavy atom. The van der Waals surface area contributed by atoms with E-state index in [4.69, 9.17) is 4.74 Å². The van der Waals surface area contributed by atoms with Crippen molar-refractivity contribution in [1.82, 2.24) is 5.32 Å². The molecule has 0 aliphatic carbocycles. The summed E-state index contributed by atoms with van der Waals surface area (Å²) in [6, 6.07) is 5.69. The molecule has 0 radical (unpaired) electrons. The van der Waals surface area contributed by atoms with Gasteiger partial charge in [-0.2, -0.15) is 0 Å². The predicted molar refractivity (Wildman–Crippen MR) is 109 cm³/mol. The van der Waals surface area contributed by atoms with Crippen LogP contribution >= 0.6 is 7.14 Å². The maximum absolute atomic E-state index is 12.7. The Hall–Kier alpha value is -1.50. The number of benzene rings is 1. The number of ether oxygens (including phenoxy) is 1. The molecule has 0 saturated heterocycles. The van der Waals surface area contributed by atoms with E-state index in [2.05, 4.69) is 36.4 Å². The van der Waals surface area contributed by atoms with Gasteiger partial charge in [-0.25, -0.2) is 4.79 Å².